The molecule has 0 spiro atoms. The van der Waals surface area contributed by atoms with Gasteiger partial charge < -0.3 is 9.80 Å². The first-order chi connectivity index (χ1) is 13.7. The number of rotatable bonds is 2. The Kier molecular flexibility index (Phi) is 4.22. The smallest absolute Gasteiger partial charge is 0.226 e. The minimum Gasteiger partial charge on any atom is -0.355 e. The van der Waals surface area contributed by atoms with Crippen LogP contribution < -0.4 is 4.90 Å². The van der Waals surface area contributed by atoms with Crippen molar-refractivity contribution in [2.75, 3.05) is 24.5 Å². The molecule has 0 unspecified atom stereocenters. The standard InChI is InChI=1S/C21H24N6O/c1-15-22-23-19-6-7-20(24-27(15)19)25-11-9-17(10-12-25)21(28)26-13-8-16-4-2-3-5-18(16)14-26/h2-7,17H,8-14H2,1H3. The van der Waals surface area contributed by atoms with Crippen molar-refractivity contribution in [1.29, 1.82) is 0 Å². The second-order valence-electron chi connectivity index (χ2n) is 7.75. The maximum absolute atomic E-state index is 13.1. The Hall–Kier alpha value is -2.96. The van der Waals surface area contributed by atoms with E-state index in [2.05, 4.69) is 44.5 Å². The third kappa shape index (κ3) is 3.00. The van der Waals surface area contributed by atoms with Gasteiger partial charge in [0.05, 0.1) is 0 Å². The van der Waals surface area contributed by atoms with E-state index >= 15 is 0 Å². The maximum atomic E-state index is 13.1. The van der Waals surface area contributed by atoms with Gasteiger partial charge in [-0.1, -0.05) is 24.3 Å². The van der Waals surface area contributed by atoms with E-state index in [0.29, 0.717) is 5.91 Å². The van der Waals surface area contributed by atoms with Crippen molar-refractivity contribution in [3.05, 3.63) is 53.3 Å². The summed E-state index contributed by atoms with van der Waals surface area (Å²) >= 11 is 0. The minimum atomic E-state index is 0.113. The molecule has 5 rings (SSSR count). The molecular formula is C21H24N6O. The number of benzene rings is 1. The summed E-state index contributed by atoms with van der Waals surface area (Å²) in [5.74, 6) is 2.13. The molecule has 7 nitrogen and oxygen atoms in total. The van der Waals surface area contributed by atoms with Gasteiger partial charge in [-0.05, 0) is 49.4 Å². The lowest BCUT2D eigenvalue weighted by atomic mass is 9.93. The molecule has 1 amide bonds. The zero-order valence-electron chi connectivity index (χ0n) is 16.1. The number of piperidine rings is 1. The summed E-state index contributed by atoms with van der Waals surface area (Å²) in [6.07, 6.45) is 2.71. The second kappa shape index (κ2) is 6.89. The largest absolute Gasteiger partial charge is 0.355 e. The minimum absolute atomic E-state index is 0.113. The number of aromatic nitrogens is 4. The lowest BCUT2D eigenvalue weighted by Gasteiger charge is -2.36. The predicted molar refractivity (Wildman–Crippen MR) is 106 cm³/mol. The van der Waals surface area contributed by atoms with Crippen molar-refractivity contribution >= 4 is 17.4 Å². The first kappa shape index (κ1) is 17.2. The Balaban J connectivity index is 1.24. The van der Waals surface area contributed by atoms with Crippen molar-refractivity contribution in [2.45, 2.75) is 32.7 Å². The van der Waals surface area contributed by atoms with E-state index in [0.717, 1.165) is 62.7 Å². The van der Waals surface area contributed by atoms with E-state index in [1.54, 1.807) is 4.52 Å². The SMILES string of the molecule is Cc1nnc2ccc(N3CCC(C(=O)N4CCc5ccccc5C4)CC3)nn12. The van der Waals surface area contributed by atoms with Crippen LogP contribution in [0.3, 0.4) is 0 Å². The highest BCUT2D eigenvalue weighted by molar-refractivity contribution is 5.79. The molecule has 2 aromatic heterocycles. The Morgan fingerprint density at radius 1 is 1.00 bits per heavy atom. The number of carbonyl (C=O) groups is 1. The van der Waals surface area contributed by atoms with Crippen molar-refractivity contribution in [2.24, 2.45) is 5.92 Å². The molecule has 28 heavy (non-hydrogen) atoms. The number of anilines is 1. The van der Waals surface area contributed by atoms with E-state index in [4.69, 9.17) is 0 Å². The van der Waals surface area contributed by atoms with Crippen LogP contribution in [-0.2, 0) is 17.8 Å². The second-order valence-corrected chi connectivity index (χ2v) is 7.75. The highest BCUT2D eigenvalue weighted by atomic mass is 16.2. The van der Waals surface area contributed by atoms with Crippen LogP contribution in [0, 0.1) is 12.8 Å². The quantitative estimate of drug-likeness (QED) is 0.686. The maximum Gasteiger partial charge on any atom is 0.226 e. The molecule has 0 aliphatic carbocycles. The Morgan fingerprint density at radius 3 is 2.61 bits per heavy atom. The fourth-order valence-corrected chi connectivity index (χ4v) is 4.35. The van der Waals surface area contributed by atoms with Gasteiger partial charge in [0.25, 0.3) is 0 Å². The fraction of sp³-hybridized carbons (Fsp3) is 0.429. The molecule has 7 heteroatoms. The molecule has 2 aliphatic heterocycles. The van der Waals surface area contributed by atoms with Crippen molar-refractivity contribution in [1.82, 2.24) is 24.7 Å². The number of nitrogens with zero attached hydrogens (tertiary/aromatic N) is 6. The van der Waals surface area contributed by atoms with Crippen LogP contribution in [0.1, 0.15) is 29.8 Å². The van der Waals surface area contributed by atoms with E-state index in [9.17, 15) is 4.79 Å². The van der Waals surface area contributed by atoms with Gasteiger partial charge in [-0.25, -0.2) is 0 Å². The average molecular weight is 376 g/mol. The third-order valence-electron chi connectivity index (χ3n) is 6.02. The van der Waals surface area contributed by atoms with Crippen LogP contribution in [0.4, 0.5) is 5.82 Å². The monoisotopic (exact) mass is 376 g/mol. The molecule has 1 saturated heterocycles. The number of aryl methyl sites for hydroxylation is 1. The zero-order valence-corrected chi connectivity index (χ0v) is 16.1. The topological polar surface area (TPSA) is 66.6 Å². The lowest BCUT2D eigenvalue weighted by molar-refractivity contribution is -0.137. The third-order valence-corrected chi connectivity index (χ3v) is 6.02. The summed E-state index contributed by atoms with van der Waals surface area (Å²) < 4.78 is 1.78. The molecule has 0 radical (unpaired) electrons. The molecule has 0 atom stereocenters. The summed E-state index contributed by atoms with van der Waals surface area (Å²) in [5, 5.41) is 12.8. The number of hydrogen-bond acceptors (Lipinski definition) is 5. The Morgan fingerprint density at radius 2 is 1.79 bits per heavy atom. The molecule has 3 aromatic rings. The summed E-state index contributed by atoms with van der Waals surface area (Å²) in [6.45, 7) is 5.18. The van der Waals surface area contributed by atoms with Crippen LogP contribution in [0.15, 0.2) is 36.4 Å². The summed E-state index contributed by atoms with van der Waals surface area (Å²) in [6, 6.07) is 12.4. The molecule has 1 fully saturated rings. The highest BCUT2D eigenvalue weighted by Crippen LogP contribution is 2.26. The average Bonchev–Trinajstić information content (AvgIpc) is 3.13. The summed E-state index contributed by atoms with van der Waals surface area (Å²) in [4.78, 5) is 17.4. The van der Waals surface area contributed by atoms with Gasteiger partial charge in [-0.3, -0.25) is 4.79 Å². The zero-order chi connectivity index (χ0) is 19.1. The molecule has 0 bridgehead atoms. The first-order valence-electron chi connectivity index (χ1n) is 9.98. The van der Waals surface area contributed by atoms with E-state index in [1.165, 1.54) is 11.1 Å². The van der Waals surface area contributed by atoms with Crippen molar-refractivity contribution in [3.63, 3.8) is 0 Å². The van der Waals surface area contributed by atoms with Gasteiger partial charge in [0.1, 0.15) is 5.82 Å². The number of carbonyl (C=O) groups excluding carboxylic acids is 1. The summed E-state index contributed by atoms with van der Waals surface area (Å²) in [7, 11) is 0. The molecule has 0 N–H and O–H groups in total. The van der Waals surface area contributed by atoms with Gasteiger partial charge in [-0.2, -0.15) is 4.52 Å². The van der Waals surface area contributed by atoms with E-state index < -0.39 is 0 Å². The fourth-order valence-electron chi connectivity index (χ4n) is 4.35. The van der Waals surface area contributed by atoms with Gasteiger partial charge in [0.2, 0.25) is 5.91 Å². The summed E-state index contributed by atoms with van der Waals surface area (Å²) in [5.41, 5.74) is 3.44. The highest BCUT2D eigenvalue weighted by Gasteiger charge is 2.30. The van der Waals surface area contributed by atoms with Crippen LogP contribution in [0.2, 0.25) is 0 Å². The number of fused-ring (bicyclic) bond motifs is 2. The van der Waals surface area contributed by atoms with Crippen molar-refractivity contribution < 1.29 is 4.79 Å². The predicted octanol–water partition coefficient (Wildman–Crippen LogP) is 2.23. The Labute approximate surface area is 164 Å². The van der Waals surface area contributed by atoms with E-state index in [-0.39, 0.29) is 5.92 Å². The Bertz CT molecular complexity index is 1020. The van der Waals surface area contributed by atoms with Gasteiger partial charge in [0, 0.05) is 32.1 Å². The molecular weight excluding hydrogens is 352 g/mol. The van der Waals surface area contributed by atoms with Crippen LogP contribution in [0.25, 0.3) is 5.65 Å². The van der Waals surface area contributed by atoms with Gasteiger partial charge in [0.15, 0.2) is 11.5 Å². The normalized spacial score (nSPS) is 17.8. The lowest BCUT2D eigenvalue weighted by Crippen LogP contribution is -2.44. The van der Waals surface area contributed by atoms with Crippen LogP contribution in [0.5, 0.6) is 0 Å². The molecule has 0 saturated carbocycles. The number of amides is 1. The molecule has 4 heterocycles. The van der Waals surface area contributed by atoms with Crippen LogP contribution in [-0.4, -0.2) is 50.3 Å². The molecule has 2 aliphatic rings. The van der Waals surface area contributed by atoms with Crippen LogP contribution >= 0.6 is 0 Å². The number of hydrogen-bond donors (Lipinski definition) is 0. The van der Waals surface area contributed by atoms with Gasteiger partial charge >= 0.3 is 0 Å². The van der Waals surface area contributed by atoms with E-state index in [1.807, 2.05) is 24.0 Å². The first-order valence-corrected chi connectivity index (χ1v) is 9.98. The van der Waals surface area contributed by atoms with Crippen molar-refractivity contribution in [3.8, 4) is 0 Å². The molecule has 1 aromatic carbocycles. The molecule has 144 valence electrons. The van der Waals surface area contributed by atoms with Gasteiger partial charge in [-0.15, -0.1) is 15.3 Å².